The van der Waals surface area contributed by atoms with Gasteiger partial charge < -0.3 is 9.47 Å². The van der Waals surface area contributed by atoms with Gasteiger partial charge in [0.05, 0.1) is 25.0 Å². The highest BCUT2D eigenvalue weighted by Gasteiger charge is 2.34. The fraction of sp³-hybridized carbons (Fsp3) is 0.435. The minimum atomic E-state index is -3.60. The number of methoxy groups -OCH3 is 1. The van der Waals surface area contributed by atoms with Crippen molar-refractivity contribution < 1.29 is 27.1 Å². The fourth-order valence-corrected chi connectivity index (χ4v) is 5.55. The molecule has 3 rings (SSSR count). The molecule has 0 spiro atoms. The Morgan fingerprint density at radius 2 is 1.71 bits per heavy atom. The van der Waals surface area contributed by atoms with Gasteiger partial charge in [0, 0.05) is 13.1 Å². The molecule has 1 aliphatic heterocycles. The second kappa shape index (κ2) is 10.2. The van der Waals surface area contributed by atoms with Gasteiger partial charge in [-0.25, -0.2) is 12.8 Å². The van der Waals surface area contributed by atoms with Crippen molar-refractivity contribution in [2.45, 2.75) is 37.0 Å². The Labute approximate surface area is 183 Å². The van der Waals surface area contributed by atoms with Crippen molar-refractivity contribution in [3.8, 4) is 5.75 Å². The van der Waals surface area contributed by atoms with Gasteiger partial charge in [-0.1, -0.05) is 12.1 Å². The van der Waals surface area contributed by atoms with E-state index in [9.17, 15) is 17.6 Å². The highest BCUT2D eigenvalue weighted by atomic mass is 32.2. The van der Waals surface area contributed by atoms with E-state index in [4.69, 9.17) is 9.47 Å². The Kier molecular flexibility index (Phi) is 7.67. The zero-order valence-corrected chi connectivity index (χ0v) is 18.6. The lowest BCUT2D eigenvalue weighted by Gasteiger charge is -2.35. The first-order valence-electron chi connectivity index (χ1n) is 10.4. The summed E-state index contributed by atoms with van der Waals surface area (Å²) in [7, 11) is -2.07. The number of hydrogen-bond donors (Lipinski definition) is 0. The Morgan fingerprint density at radius 3 is 2.26 bits per heavy atom. The molecule has 1 atom stereocenters. The number of carbonyl (C=O) groups excluding carboxylic acids is 1. The number of sulfonamides is 1. The quantitative estimate of drug-likeness (QED) is 0.570. The predicted octanol–water partition coefficient (Wildman–Crippen LogP) is 3.97. The summed E-state index contributed by atoms with van der Waals surface area (Å²) in [6.07, 6.45) is 1.41. The number of rotatable bonds is 8. The van der Waals surface area contributed by atoms with Crippen LogP contribution in [-0.4, -0.2) is 45.5 Å². The van der Waals surface area contributed by atoms with Gasteiger partial charge in [-0.3, -0.25) is 4.79 Å². The summed E-state index contributed by atoms with van der Waals surface area (Å²) in [6, 6.07) is 12.5. The standard InChI is InChI=1S/C23H28FNO5S/c1-3-30-23(26)16-22(17-4-6-19(24)7-5-17)18-12-14-25(15-13-18)31(27,28)21-10-8-20(29-2)9-11-21/h4-11,18,22H,3,12-16H2,1-2H3/t22-/m0/s1. The van der Waals surface area contributed by atoms with Crippen molar-refractivity contribution in [3.63, 3.8) is 0 Å². The molecular weight excluding hydrogens is 421 g/mol. The largest absolute Gasteiger partial charge is 0.497 e. The maximum atomic E-state index is 13.4. The first kappa shape index (κ1) is 23.2. The van der Waals surface area contributed by atoms with Crippen molar-refractivity contribution in [3.05, 3.63) is 59.9 Å². The molecule has 0 radical (unpaired) electrons. The molecule has 0 aliphatic carbocycles. The number of nitrogens with zero attached hydrogens (tertiary/aromatic N) is 1. The maximum absolute atomic E-state index is 13.4. The third-order valence-electron chi connectivity index (χ3n) is 5.75. The van der Waals surface area contributed by atoms with Crippen LogP contribution in [0, 0.1) is 11.7 Å². The third kappa shape index (κ3) is 5.62. The lowest BCUT2D eigenvalue weighted by Crippen LogP contribution is -2.40. The van der Waals surface area contributed by atoms with Crippen LogP contribution in [0.4, 0.5) is 4.39 Å². The van der Waals surface area contributed by atoms with Crippen LogP contribution < -0.4 is 4.74 Å². The van der Waals surface area contributed by atoms with Crippen LogP contribution in [0.5, 0.6) is 5.75 Å². The molecule has 6 nitrogen and oxygen atoms in total. The average molecular weight is 450 g/mol. The number of hydrogen-bond acceptors (Lipinski definition) is 5. The van der Waals surface area contributed by atoms with Crippen LogP contribution in [0.1, 0.15) is 37.7 Å². The number of benzene rings is 2. The van der Waals surface area contributed by atoms with Crippen molar-refractivity contribution >= 4 is 16.0 Å². The molecule has 0 amide bonds. The number of piperidine rings is 1. The first-order chi connectivity index (χ1) is 14.8. The van der Waals surface area contributed by atoms with E-state index in [0.717, 1.165) is 5.56 Å². The second-order valence-corrected chi connectivity index (χ2v) is 9.52. The predicted molar refractivity (Wildman–Crippen MR) is 115 cm³/mol. The lowest BCUT2D eigenvalue weighted by atomic mass is 9.78. The molecule has 8 heteroatoms. The summed E-state index contributed by atoms with van der Waals surface area (Å²) < 4.78 is 51.1. The molecule has 0 N–H and O–H groups in total. The summed E-state index contributed by atoms with van der Waals surface area (Å²) in [5.41, 5.74) is 0.867. The maximum Gasteiger partial charge on any atom is 0.306 e. The van der Waals surface area contributed by atoms with E-state index in [1.165, 1.54) is 23.5 Å². The molecule has 1 aliphatic rings. The topological polar surface area (TPSA) is 72.9 Å². The van der Waals surface area contributed by atoms with E-state index in [2.05, 4.69) is 0 Å². The Balaban J connectivity index is 1.73. The van der Waals surface area contributed by atoms with Crippen molar-refractivity contribution in [2.24, 2.45) is 5.92 Å². The number of ether oxygens (including phenoxy) is 2. The summed E-state index contributed by atoms with van der Waals surface area (Å²) >= 11 is 0. The summed E-state index contributed by atoms with van der Waals surface area (Å²) in [6.45, 7) is 2.78. The van der Waals surface area contributed by atoms with Gasteiger partial charge in [0.1, 0.15) is 11.6 Å². The second-order valence-electron chi connectivity index (χ2n) is 7.58. The average Bonchev–Trinajstić information content (AvgIpc) is 2.78. The van der Waals surface area contributed by atoms with Gasteiger partial charge in [-0.05, 0) is 73.6 Å². The molecule has 1 heterocycles. The van der Waals surface area contributed by atoms with Gasteiger partial charge in [0.15, 0.2) is 0 Å². The molecule has 2 aromatic carbocycles. The van der Waals surface area contributed by atoms with E-state index in [1.54, 1.807) is 43.3 Å². The molecule has 0 aromatic heterocycles. The van der Waals surface area contributed by atoms with Gasteiger partial charge in [0.25, 0.3) is 0 Å². The third-order valence-corrected chi connectivity index (χ3v) is 7.67. The molecule has 2 aromatic rings. The highest BCUT2D eigenvalue weighted by Crippen LogP contribution is 2.37. The van der Waals surface area contributed by atoms with E-state index >= 15 is 0 Å². The fourth-order valence-electron chi connectivity index (χ4n) is 4.08. The Morgan fingerprint density at radius 1 is 1.10 bits per heavy atom. The monoisotopic (exact) mass is 449 g/mol. The molecule has 31 heavy (non-hydrogen) atoms. The van der Waals surface area contributed by atoms with Gasteiger partial charge >= 0.3 is 5.97 Å². The summed E-state index contributed by atoms with van der Waals surface area (Å²) in [5, 5.41) is 0. The molecule has 168 valence electrons. The van der Waals surface area contributed by atoms with Gasteiger partial charge in [0.2, 0.25) is 10.0 Å². The van der Waals surface area contributed by atoms with E-state index in [-0.39, 0.29) is 34.9 Å². The van der Waals surface area contributed by atoms with Crippen molar-refractivity contribution in [1.29, 1.82) is 0 Å². The lowest BCUT2D eigenvalue weighted by molar-refractivity contribution is -0.144. The zero-order chi connectivity index (χ0) is 22.4. The van der Waals surface area contributed by atoms with Crippen LogP contribution in [-0.2, 0) is 19.6 Å². The molecule has 1 fully saturated rings. The SMILES string of the molecule is CCOC(=O)C[C@@H](c1ccc(F)cc1)C1CCN(S(=O)(=O)c2ccc(OC)cc2)CC1. The summed E-state index contributed by atoms with van der Waals surface area (Å²) in [4.78, 5) is 12.4. The van der Waals surface area contributed by atoms with Crippen LogP contribution >= 0.6 is 0 Å². The van der Waals surface area contributed by atoms with Crippen LogP contribution in [0.15, 0.2) is 53.4 Å². The molecule has 0 bridgehead atoms. The Hall–Kier alpha value is -2.45. The number of halogens is 1. The van der Waals surface area contributed by atoms with Crippen LogP contribution in [0.3, 0.4) is 0 Å². The summed E-state index contributed by atoms with van der Waals surface area (Å²) in [5.74, 6) is -0.0920. The van der Waals surface area contributed by atoms with Crippen molar-refractivity contribution in [2.75, 3.05) is 26.8 Å². The van der Waals surface area contributed by atoms with Gasteiger partial charge in [-0.15, -0.1) is 0 Å². The van der Waals surface area contributed by atoms with Crippen LogP contribution in [0.2, 0.25) is 0 Å². The molecular formula is C23H28FNO5S. The van der Waals surface area contributed by atoms with Gasteiger partial charge in [-0.2, -0.15) is 4.31 Å². The van der Waals surface area contributed by atoms with E-state index in [1.807, 2.05) is 0 Å². The first-order valence-corrected chi connectivity index (χ1v) is 11.8. The number of esters is 1. The zero-order valence-electron chi connectivity index (χ0n) is 17.8. The van der Waals surface area contributed by atoms with E-state index in [0.29, 0.717) is 38.3 Å². The van der Waals surface area contributed by atoms with E-state index < -0.39 is 10.0 Å². The normalized spacial score (nSPS) is 16.6. The number of carbonyl (C=O) groups is 1. The van der Waals surface area contributed by atoms with Crippen LogP contribution in [0.25, 0.3) is 0 Å². The molecule has 0 unspecified atom stereocenters. The van der Waals surface area contributed by atoms with Crippen molar-refractivity contribution in [1.82, 2.24) is 4.31 Å². The molecule has 1 saturated heterocycles. The molecule has 0 saturated carbocycles. The minimum Gasteiger partial charge on any atom is -0.497 e. The Bertz CT molecular complexity index is 968. The smallest absolute Gasteiger partial charge is 0.306 e. The highest BCUT2D eigenvalue weighted by molar-refractivity contribution is 7.89. The minimum absolute atomic E-state index is 0.0946.